The number of para-hydroxylation sites is 1. The fourth-order valence-corrected chi connectivity index (χ4v) is 2.81. The van der Waals surface area contributed by atoms with Gasteiger partial charge in [-0.1, -0.05) is 30.3 Å². The van der Waals surface area contributed by atoms with Gasteiger partial charge in [-0.25, -0.2) is 4.39 Å². The Morgan fingerprint density at radius 1 is 0.810 bits per heavy atom. The van der Waals surface area contributed by atoms with Gasteiger partial charge in [0, 0.05) is 38.4 Å². The quantitative estimate of drug-likeness (QED) is 0.851. The molecule has 0 N–H and O–H groups in total. The van der Waals surface area contributed by atoms with Crippen molar-refractivity contribution in [3.8, 4) is 0 Å². The van der Waals surface area contributed by atoms with E-state index in [2.05, 4.69) is 40.1 Å². The number of benzene rings is 2. The van der Waals surface area contributed by atoms with Crippen molar-refractivity contribution in [3.63, 3.8) is 0 Å². The van der Waals surface area contributed by atoms with Gasteiger partial charge in [0.05, 0.1) is 0 Å². The second-order valence-electron chi connectivity index (χ2n) is 5.54. The monoisotopic (exact) mass is 284 g/mol. The van der Waals surface area contributed by atoms with Gasteiger partial charge >= 0.3 is 0 Å². The zero-order chi connectivity index (χ0) is 14.5. The van der Waals surface area contributed by atoms with Crippen LogP contribution in [0, 0.1) is 5.82 Å². The van der Waals surface area contributed by atoms with E-state index in [-0.39, 0.29) is 5.82 Å². The van der Waals surface area contributed by atoms with E-state index in [1.54, 1.807) is 12.1 Å². The largest absolute Gasteiger partial charge is 0.369 e. The molecule has 1 saturated heterocycles. The molecule has 0 aromatic heterocycles. The summed E-state index contributed by atoms with van der Waals surface area (Å²) in [6, 6.07) is 17.5. The Morgan fingerprint density at radius 3 is 2.14 bits per heavy atom. The van der Waals surface area contributed by atoms with Gasteiger partial charge in [0.2, 0.25) is 0 Å². The average Bonchev–Trinajstić information content (AvgIpc) is 2.56. The molecule has 3 heteroatoms. The van der Waals surface area contributed by atoms with Crippen LogP contribution in [-0.2, 0) is 6.42 Å². The number of hydrogen-bond acceptors (Lipinski definition) is 2. The molecule has 0 radical (unpaired) electrons. The number of rotatable bonds is 4. The van der Waals surface area contributed by atoms with Crippen molar-refractivity contribution in [3.05, 3.63) is 66.0 Å². The van der Waals surface area contributed by atoms with Crippen LogP contribution in [0.1, 0.15) is 5.56 Å². The van der Waals surface area contributed by atoms with E-state index in [4.69, 9.17) is 0 Å². The maximum absolute atomic E-state index is 12.9. The number of nitrogens with zero attached hydrogens (tertiary/aromatic N) is 2. The fraction of sp³-hybridized carbons (Fsp3) is 0.333. The molecule has 0 amide bonds. The molecule has 0 aliphatic carbocycles. The Labute approximate surface area is 125 Å². The fourth-order valence-electron chi connectivity index (χ4n) is 2.81. The third-order valence-electron chi connectivity index (χ3n) is 4.12. The van der Waals surface area contributed by atoms with Crippen LogP contribution in [-0.4, -0.2) is 37.6 Å². The zero-order valence-corrected chi connectivity index (χ0v) is 12.2. The van der Waals surface area contributed by atoms with Gasteiger partial charge in [-0.3, -0.25) is 4.90 Å². The van der Waals surface area contributed by atoms with Crippen LogP contribution in [0.5, 0.6) is 0 Å². The summed E-state index contributed by atoms with van der Waals surface area (Å²) in [7, 11) is 0. The predicted octanol–water partition coefficient (Wildman–Crippen LogP) is 3.19. The molecule has 0 unspecified atom stereocenters. The summed E-state index contributed by atoms with van der Waals surface area (Å²) in [5.41, 5.74) is 2.53. The molecule has 2 aromatic rings. The summed E-state index contributed by atoms with van der Waals surface area (Å²) in [6.07, 6.45) is 0.992. The molecule has 1 aliphatic heterocycles. The molecule has 1 aliphatic rings. The molecule has 3 rings (SSSR count). The van der Waals surface area contributed by atoms with E-state index in [0.717, 1.165) is 39.1 Å². The van der Waals surface area contributed by atoms with E-state index in [9.17, 15) is 4.39 Å². The highest BCUT2D eigenvalue weighted by Crippen LogP contribution is 2.15. The SMILES string of the molecule is Fc1ccc(CCN2CCN(c3ccccc3)CC2)cc1. The normalized spacial score (nSPS) is 16.1. The minimum atomic E-state index is -0.157. The average molecular weight is 284 g/mol. The molecule has 21 heavy (non-hydrogen) atoms. The summed E-state index contributed by atoms with van der Waals surface area (Å²) >= 11 is 0. The molecule has 110 valence electrons. The maximum atomic E-state index is 12.9. The van der Waals surface area contributed by atoms with Gasteiger partial charge < -0.3 is 4.90 Å². The second-order valence-corrected chi connectivity index (χ2v) is 5.54. The Bertz CT molecular complexity index is 545. The molecule has 0 spiro atoms. The third-order valence-corrected chi connectivity index (χ3v) is 4.12. The zero-order valence-electron chi connectivity index (χ0n) is 12.2. The lowest BCUT2D eigenvalue weighted by Gasteiger charge is -2.36. The molecule has 2 aromatic carbocycles. The standard InChI is InChI=1S/C18H21FN2/c19-17-8-6-16(7-9-17)10-11-20-12-14-21(15-13-20)18-4-2-1-3-5-18/h1-9H,10-15H2. The van der Waals surface area contributed by atoms with Crippen LogP contribution in [0.15, 0.2) is 54.6 Å². The molecule has 2 nitrogen and oxygen atoms in total. The van der Waals surface area contributed by atoms with E-state index >= 15 is 0 Å². The summed E-state index contributed by atoms with van der Waals surface area (Å²) in [5.74, 6) is -0.157. The first-order chi connectivity index (χ1) is 10.3. The van der Waals surface area contributed by atoms with E-state index in [0.29, 0.717) is 0 Å². The van der Waals surface area contributed by atoms with Crippen LogP contribution in [0.25, 0.3) is 0 Å². The van der Waals surface area contributed by atoms with E-state index < -0.39 is 0 Å². The van der Waals surface area contributed by atoms with Crippen LogP contribution >= 0.6 is 0 Å². The first kappa shape index (κ1) is 14.1. The lowest BCUT2D eigenvalue weighted by atomic mass is 10.1. The van der Waals surface area contributed by atoms with Crippen molar-refractivity contribution in [1.82, 2.24) is 4.90 Å². The van der Waals surface area contributed by atoms with Crippen molar-refractivity contribution in [2.75, 3.05) is 37.6 Å². The Hall–Kier alpha value is -1.87. The number of anilines is 1. The first-order valence-electron chi connectivity index (χ1n) is 7.58. The van der Waals surface area contributed by atoms with Crippen molar-refractivity contribution in [2.45, 2.75) is 6.42 Å². The third kappa shape index (κ3) is 3.82. The van der Waals surface area contributed by atoms with Crippen molar-refractivity contribution in [1.29, 1.82) is 0 Å². The lowest BCUT2D eigenvalue weighted by molar-refractivity contribution is 0.261. The molecule has 1 fully saturated rings. The number of halogens is 1. The smallest absolute Gasteiger partial charge is 0.123 e. The highest BCUT2D eigenvalue weighted by Gasteiger charge is 2.16. The molecule has 0 saturated carbocycles. The minimum Gasteiger partial charge on any atom is -0.369 e. The molecule has 1 heterocycles. The summed E-state index contributed by atoms with van der Waals surface area (Å²) in [6.45, 7) is 5.39. The van der Waals surface area contributed by atoms with E-state index in [1.807, 2.05) is 12.1 Å². The second kappa shape index (κ2) is 6.72. The lowest BCUT2D eigenvalue weighted by Crippen LogP contribution is -2.46. The van der Waals surface area contributed by atoms with Crippen molar-refractivity contribution < 1.29 is 4.39 Å². The highest BCUT2D eigenvalue weighted by atomic mass is 19.1. The topological polar surface area (TPSA) is 6.48 Å². The minimum absolute atomic E-state index is 0.157. The van der Waals surface area contributed by atoms with Gasteiger partial charge in [-0.15, -0.1) is 0 Å². The van der Waals surface area contributed by atoms with Gasteiger partial charge in [0.1, 0.15) is 5.82 Å². The van der Waals surface area contributed by atoms with Crippen molar-refractivity contribution >= 4 is 5.69 Å². The van der Waals surface area contributed by atoms with Crippen LogP contribution < -0.4 is 4.90 Å². The van der Waals surface area contributed by atoms with Gasteiger partial charge in [0.15, 0.2) is 0 Å². The number of piperazine rings is 1. The molecule has 0 atom stereocenters. The van der Waals surface area contributed by atoms with E-state index in [1.165, 1.54) is 11.3 Å². The summed E-state index contributed by atoms with van der Waals surface area (Å²) in [4.78, 5) is 4.93. The Balaban J connectivity index is 1.47. The predicted molar refractivity (Wildman–Crippen MR) is 85.2 cm³/mol. The van der Waals surface area contributed by atoms with Gasteiger partial charge in [-0.2, -0.15) is 0 Å². The van der Waals surface area contributed by atoms with Crippen LogP contribution in [0.2, 0.25) is 0 Å². The van der Waals surface area contributed by atoms with Crippen LogP contribution in [0.3, 0.4) is 0 Å². The number of hydrogen-bond donors (Lipinski definition) is 0. The molecular weight excluding hydrogens is 263 g/mol. The van der Waals surface area contributed by atoms with Crippen LogP contribution in [0.4, 0.5) is 10.1 Å². The van der Waals surface area contributed by atoms with Gasteiger partial charge in [-0.05, 0) is 36.2 Å². The summed E-state index contributed by atoms with van der Waals surface area (Å²) in [5, 5.41) is 0. The van der Waals surface area contributed by atoms with Gasteiger partial charge in [0.25, 0.3) is 0 Å². The maximum Gasteiger partial charge on any atom is 0.123 e. The highest BCUT2D eigenvalue weighted by molar-refractivity contribution is 5.46. The Kier molecular flexibility index (Phi) is 4.51. The molecule has 0 bridgehead atoms. The summed E-state index contributed by atoms with van der Waals surface area (Å²) < 4.78 is 12.9. The molecular formula is C18H21FN2. The van der Waals surface area contributed by atoms with Crippen molar-refractivity contribution in [2.24, 2.45) is 0 Å². The first-order valence-corrected chi connectivity index (χ1v) is 7.58. The Morgan fingerprint density at radius 2 is 1.48 bits per heavy atom.